The number of rotatable bonds is 1. The largest absolute Gasteiger partial charge is 0.300 e. The third kappa shape index (κ3) is 1.93. The topological polar surface area (TPSA) is 42.9 Å². The van der Waals surface area contributed by atoms with Crippen molar-refractivity contribution in [1.82, 2.24) is 9.97 Å². The highest BCUT2D eigenvalue weighted by Gasteiger charge is 2.23. The fourth-order valence-corrected chi connectivity index (χ4v) is 2.08. The summed E-state index contributed by atoms with van der Waals surface area (Å²) in [5, 5.41) is 0.479. The van der Waals surface area contributed by atoms with E-state index in [1.807, 2.05) is 0 Å². The van der Waals surface area contributed by atoms with Gasteiger partial charge in [-0.2, -0.15) is 0 Å². The van der Waals surface area contributed by atoms with E-state index >= 15 is 0 Å². The highest BCUT2D eigenvalue weighted by molar-refractivity contribution is 6.30. The van der Waals surface area contributed by atoms with Crippen molar-refractivity contribution in [2.45, 2.75) is 31.6 Å². The molecule has 1 heterocycles. The van der Waals surface area contributed by atoms with E-state index in [0.29, 0.717) is 29.7 Å². The summed E-state index contributed by atoms with van der Waals surface area (Å²) in [6.45, 7) is 0. The van der Waals surface area contributed by atoms with E-state index in [4.69, 9.17) is 11.6 Å². The van der Waals surface area contributed by atoms with Crippen LogP contribution in [0.15, 0.2) is 12.4 Å². The molecule has 3 nitrogen and oxygen atoms in total. The van der Waals surface area contributed by atoms with Gasteiger partial charge in [0.15, 0.2) is 5.15 Å². The number of nitrogens with zero attached hydrogens (tertiary/aromatic N) is 2. The molecule has 0 amide bonds. The van der Waals surface area contributed by atoms with Gasteiger partial charge in [-0.15, -0.1) is 0 Å². The minimum Gasteiger partial charge on any atom is -0.300 e. The van der Waals surface area contributed by atoms with Crippen molar-refractivity contribution in [2.24, 2.45) is 0 Å². The van der Waals surface area contributed by atoms with Crippen LogP contribution in [0.4, 0.5) is 0 Å². The lowest BCUT2D eigenvalue weighted by Gasteiger charge is -2.20. The second-order valence-corrected chi connectivity index (χ2v) is 3.90. The number of carbonyl (C=O) groups excluding carboxylic acids is 1. The summed E-state index contributed by atoms with van der Waals surface area (Å²) in [4.78, 5) is 19.3. The molecule has 0 unspecified atom stereocenters. The molecule has 1 aliphatic carbocycles. The summed E-state index contributed by atoms with van der Waals surface area (Å²) >= 11 is 5.94. The SMILES string of the molecule is O=C1CCC(c2nccnc2Cl)CC1. The van der Waals surface area contributed by atoms with Crippen molar-refractivity contribution < 1.29 is 4.79 Å². The molecule has 1 aromatic rings. The number of Topliss-reactive ketones (excluding diaryl/α,β-unsaturated/α-hetero) is 1. The lowest BCUT2D eigenvalue weighted by Crippen LogP contribution is -2.14. The Kier molecular flexibility index (Phi) is 2.77. The van der Waals surface area contributed by atoms with Gasteiger partial charge in [-0.25, -0.2) is 4.98 Å². The van der Waals surface area contributed by atoms with Crippen LogP contribution in [0.5, 0.6) is 0 Å². The van der Waals surface area contributed by atoms with Gasteiger partial charge in [0.25, 0.3) is 0 Å². The van der Waals surface area contributed by atoms with E-state index in [1.54, 1.807) is 12.4 Å². The average molecular weight is 211 g/mol. The highest BCUT2D eigenvalue weighted by atomic mass is 35.5. The first-order chi connectivity index (χ1) is 6.77. The molecule has 0 N–H and O–H groups in total. The van der Waals surface area contributed by atoms with Crippen LogP contribution in [-0.4, -0.2) is 15.8 Å². The Morgan fingerprint density at radius 1 is 1.21 bits per heavy atom. The summed E-state index contributed by atoms with van der Waals surface area (Å²) < 4.78 is 0. The van der Waals surface area contributed by atoms with Gasteiger partial charge in [-0.3, -0.25) is 9.78 Å². The number of ketones is 1. The quantitative estimate of drug-likeness (QED) is 0.715. The third-order valence-electron chi connectivity index (χ3n) is 2.61. The highest BCUT2D eigenvalue weighted by Crippen LogP contribution is 2.32. The predicted octanol–water partition coefficient (Wildman–Crippen LogP) is 2.36. The fraction of sp³-hybridized carbons (Fsp3) is 0.500. The summed E-state index contributed by atoms with van der Waals surface area (Å²) in [6, 6.07) is 0. The molecule has 0 aliphatic heterocycles. The first-order valence-corrected chi connectivity index (χ1v) is 5.13. The molecule has 74 valence electrons. The molecule has 0 bridgehead atoms. The minimum atomic E-state index is 0.314. The Hall–Kier alpha value is -0.960. The molecular formula is C10H11ClN2O. The molecule has 0 saturated heterocycles. The number of hydrogen-bond donors (Lipinski definition) is 0. The molecule has 1 saturated carbocycles. The first-order valence-electron chi connectivity index (χ1n) is 4.75. The Balaban J connectivity index is 2.16. The van der Waals surface area contributed by atoms with Gasteiger partial charge in [-0.05, 0) is 12.8 Å². The standard InChI is InChI=1S/C10H11ClN2O/c11-10-9(12-5-6-13-10)7-1-3-8(14)4-2-7/h5-7H,1-4H2. The van der Waals surface area contributed by atoms with Gasteiger partial charge in [-0.1, -0.05) is 11.6 Å². The number of hydrogen-bond acceptors (Lipinski definition) is 3. The van der Waals surface area contributed by atoms with Crippen LogP contribution in [0.3, 0.4) is 0 Å². The molecule has 1 aliphatic rings. The average Bonchev–Trinajstić information content (AvgIpc) is 2.20. The second-order valence-electron chi connectivity index (χ2n) is 3.55. The van der Waals surface area contributed by atoms with Crippen LogP contribution in [-0.2, 0) is 4.79 Å². The zero-order chi connectivity index (χ0) is 9.97. The summed E-state index contributed by atoms with van der Waals surface area (Å²) in [7, 11) is 0. The maximum Gasteiger partial charge on any atom is 0.150 e. The van der Waals surface area contributed by atoms with Crippen molar-refractivity contribution >= 4 is 17.4 Å². The first kappa shape index (κ1) is 9.59. The molecule has 1 aromatic heterocycles. The van der Waals surface area contributed by atoms with Gasteiger partial charge in [0.05, 0.1) is 5.69 Å². The normalized spacial score (nSPS) is 18.5. The second kappa shape index (κ2) is 4.05. The van der Waals surface area contributed by atoms with E-state index < -0.39 is 0 Å². The predicted molar refractivity (Wildman–Crippen MR) is 53.3 cm³/mol. The van der Waals surface area contributed by atoms with Crippen LogP contribution in [0.1, 0.15) is 37.3 Å². The van der Waals surface area contributed by atoms with Gasteiger partial charge in [0, 0.05) is 31.2 Å². The van der Waals surface area contributed by atoms with Crippen molar-refractivity contribution in [3.05, 3.63) is 23.2 Å². The molecule has 0 aromatic carbocycles. The number of halogens is 1. The molecule has 4 heteroatoms. The van der Waals surface area contributed by atoms with Gasteiger partial charge < -0.3 is 0 Å². The molecular weight excluding hydrogens is 200 g/mol. The van der Waals surface area contributed by atoms with Crippen LogP contribution >= 0.6 is 11.6 Å². The molecule has 2 rings (SSSR count). The smallest absolute Gasteiger partial charge is 0.150 e. The third-order valence-corrected chi connectivity index (χ3v) is 2.90. The maximum atomic E-state index is 11.1. The Morgan fingerprint density at radius 3 is 2.50 bits per heavy atom. The van der Waals surface area contributed by atoms with E-state index in [0.717, 1.165) is 18.5 Å². The minimum absolute atomic E-state index is 0.314. The van der Waals surface area contributed by atoms with Gasteiger partial charge in [0.1, 0.15) is 5.78 Å². The fourth-order valence-electron chi connectivity index (χ4n) is 1.82. The van der Waals surface area contributed by atoms with Gasteiger partial charge >= 0.3 is 0 Å². The summed E-state index contributed by atoms with van der Waals surface area (Å²) in [5.41, 5.74) is 0.849. The molecule has 14 heavy (non-hydrogen) atoms. The van der Waals surface area contributed by atoms with E-state index in [9.17, 15) is 4.79 Å². The van der Waals surface area contributed by atoms with E-state index in [-0.39, 0.29) is 0 Å². The lowest BCUT2D eigenvalue weighted by molar-refractivity contribution is -0.120. The molecule has 1 fully saturated rings. The molecule has 0 atom stereocenters. The number of carbonyl (C=O) groups is 1. The summed E-state index contributed by atoms with van der Waals surface area (Å²) in [6.07, 6.45) is 6.25. The monoisotopic (exact) mass is 210 g/mol. The van der Waals surface area contributed by atoms with Crippen LogP contribution < -0.4 is 0 Å². The zero-order valence-corrected chi connectivity index (χ0v) is 8.50. The zero-order valence-electron chi connectivity index (χ0n) is 7.74. The van der Waals surface area contributed by atoms with E-state index in [1.165, 1.54) is 0 Å². The van der Waals surface area contributed by atoms with Crippen molar-refractivity contribution in [2.75, 3.05) is 0 Å². The van der Waals surface area contributed by atoms with Crippen molar-refractivity contribution in [1.29, 1.82) is 0 Å². The Morgan fingerprint density at radius 2 is 1.86 bits per heavy atom. The van der Waals surface area contributed by atoms with Crippen LogP contribution in [0, 0.1) is 0 Å². The molecule has 0 radical (unpaired) electrons. The Bertz CT molecular complexity index is 344. The van der Waals surface area contributed by atoms with Crippen LogP contribution in [0.25, 0.3) is 0 Å². The Labute approximate surface area is 87.5 Å². The lowest BCUT2D eigenvalue weighted by atomic mass is 9.86. The van der Waals surface area contributed by atoms with Crippen molar-refractivity contribution in [3.63, 3.8) is 0 Å². The van der Waals surface area contributed by atoms with Crippen LogP contribution in [0.2, 0.25) is 5.15 Å². The van der Waals surface area contributed by atoms with E-state index in [2.05, 4.69) is 9.97 Å². The van der Waals surface area contributed by atoms with Gasteiger partial charge in [0.2, 0.25) is 0 Å². The summed E-state index contributed by atoms with van der Waals surface area (Å²) in [5.74, 6) is 0.662. The number of aromatic nitrogens is 2. The maximum absolute atomic E-state index is 11.1. The molecule has 0 spiro atoms. The van der Waals surface area contributed by atoms with Crippen molar-refractivity contribution in [3.8, 4) is 0 Å².